The molecule has 4 heterocycles. The van der Waals surface area contributed by atoms with E-state index in [0.717, 1.165) is 54.0 Å². The van der Waals surface area contributed by atoms with E-state index in [1.807, 2.05) is 6.33 Å². The summed E-state index contributed by atoms with van der Waals surface area (Å²) in [6.45, 7) is 3.93. The lowest BCUT2D eigenvalue weighted by atomic mass is 9.95. The van der Waals surface area contributed by atoms with Gasteiger partial charge in [0.2, 0.25) is 0 Å². The molecule has 4 N–H and O–H groups in total. The molecule has 3 fully saturated rings. The number of nitrogens with zero attached hydrogens (tertiary/aromatic N) is 4. The number of hydrogen-bond donors (Lipinski definition) is 3. The van der Waals surface area contributed by atoms with Crippen molar-refractivity contribution in [3.05, 3.63) is 42.5 Å². The van der Waals surface area contributed by atoms with Gasteiger partial charge in [-0.05, 0) is 48.4 Å². The number of carbonyl (C=O) groups is 1. The zero-order valence-corrected chi connectivity index (χ0v) is 21.1. The molecule has 3 aliphatic rings. The highest BCUT2D eigenvalue weighted by Gasteiger charge is 2.38. The van der Waals surface area contributed by atoms with E-state index in [2.05, 4.69) is 49.0 Å². The number of nitrogens with one attached hydrogen (secondary N) is 2. The van der Waals surface area contributed by atoms with Crippen molar-refractivity contribution in [2.24, 2.45) is 17.6 Å². The average molecular weight is 506 g/mol. The predicted octanol–water partition coefficient (Wildman–Crippen LogP) is 4.26. The number of anilines is 1. The number of hydrogen-bond acceptors (Lipinski definition) is 5. The smallest absolute Gasteiger partial charge is 0.253 e. The van der Waals surface area contributed by atoms with Crippen LogP contribution in [0.2, 0.25) is 0 Å². The fourth-order valence-corrected chi connectivity index (χ4v) is 6.71. The van der Waals surface area contributed by atoms with Crippen LogP contribution in [-0.4, -0.2) is 51.6 Å². The van der Waals surface area contributed by atoms with Crippen LogP contribution in [0.15, 0.2) is 36.9 Å². The van der Waals surface area contributed by atoms with Crippen molar-refractivity contribution in [2.75, 3.05) is 31.1 Å². The summed E-state index contributed by atoms with van der Waals surface area (Å²) < 4.78 is 2.36. The quantitative estimate of drug-likeness (QED) is 0.384. The summed E-state index contributed by atoms with van der Waals surface area (Å²) in [5, 5.41) is 3.50. The molecular formula is C27H32ClN7O. The second-order valence-corrected chi connectivity index (χ2v) is 10.5. The van der Waals surface area contributed by atoms with Crippen LogP contribution in [0.3, 0.4) is 0 Å². The van der Waals surface area contributed by atoms with Crippen LogP contribution >= 0.6 is 12.4 Å². The van der Waals surface area contributed by atoms with Gasteiger partial charge in [0.15, 0.2) is 0 Å². The van der Waals surface area contributed by atoms with Crippen molar-refractivity contribution in [3.63, 3.8) is 0 Å². The molecule has 2 atom stereocenters. The van der Waals surface area contributed by atoms with Crippen LogP contribution in [0, 0.1) is 11.8 Å². The SMILES string of the molecule is Cl.NC(=O)c1c(N2CC3CNCC3C2)cc(-c2ccc3c(c2)ncn3C2CCCCC2)c2nc[nH]c12. The lowest BCUT2D eigenvalue weighted by molar-refractivity contribution is 0.100. The first kappa shape index (κ1) is 23.3. The third-order valence-corrected chi connectivity index (χ3v) is 8.51. The minimum Gasteiger partial charge on any atom is -0.370 e. The molecule has 0 radical (unpaired) electrons. The number of nitrogens with two attached hydrogens (primary N) is 1. The number of carbonyl (C=O) groups excluding carboxylic acids is 1. The monoisotopic (exact) mass is 505 g/mol. The molecule has 2 saturated heterocycles. The van der Waals surface area contributed by atoms with Crippen LogP contribution in [0.5, 0.6) is 0 Å². The number of benzene rings is 2. The fraction of sp³-hybridized carbons (Fsp3) is 0.444. The summed E-state index contributed by atoms with van der Waals surface area (Å²) in [6.07, 6.45) is 10.0. The molecular weight excluding hydrogens is 474 g/mol. The van der Waals surface area contributed by atoms with Crippen LogP contribution in [0.4, 0.5) is 5.69 Å². The first-order valence-corrected chi connectivity index (χ1v) is 12.9. The van der Waals surface area contributed by atoms with Gasteiger partial charge in [-0.2, -0.15) is 0 Å². The third kappa shape index (κ3) is 3.66. The molecule has 2 aliphatic heterocycles. The molecule has 0 bridgehead atoms. The maximum Gasteiger partial charge on any atom is 0.253 e. The Hall–Kier alpha value is -3.10. The van der Waals surface area contributed by atoms with Gasteiger partial charge in [0, 0.05) is 37.8 Å². The molecule has 0 spiro atoms. The Morgan fingerprint density at radius 3 is 2.56 bits per heavy atom. The number of primary amides is 1. The van der Waals surface area contributed by atoms with Gasteiger partial charge in [-0.25, -0.2) is 9.97 Å². The summed E-state index contributed by atoms with van der Waals surface area (Å²) in [5.74, 6) is 0.797. The minimum absolute atomic E-state index is 0. The largest absolute Gasteiger partial charge is 0.370 e. The van der Waals surface area contributed by atoms with E-state index < -0.39 is 5.91 Å². The number of aromatic amines is 1. The molecule has 9 heteroatoms. The van der Waals surface area contributed by atoms with Crippen molar-refractivity contribution in [1.82, 2.24) is 24.8 Å². The summed E-state index contributed by atoms with van der Waals surface area (Å²) in [4.78, 5) is 27.6. The molecule has 8 nitrogen and oxygen atoms in total. The van der Waals surface area contributed by atoms with Gasteiger partial charge in [0.05, 0.1) is 46.0 Å². The molecule has 1 aliphatic carbocycles. The summed E-state index contributed by atoms with van der Waals surface area (Å²) in [6, 6.07) is 9.19. The number of fused-ring (bicyclic) bond motifs is 3. The number of aromatic nitrogens is 4. The van der Waals surface area contributed by atoms with Gasteiger partial charge in [-0.15, -0.1) is 12.4 Å². The Morgan fingerprint density at radius 1 is 1.03 bits per heavy atom. The van der Waals surface area contributed by atoms with Crippen LogP contribution < -0.4 is 16.0 Å². The number of imidazole rings is 2. The van der Waals surface area contributed by atoms with Crippen molar-refractivity contribution >= 4 is 46.1 Å². The summed E-state index contributed by atoms with van der Waals surface area (Å²) in [5.41, 5.74) is 13.1. The fourth-order valence-electron chi connectivity index (χ4n) is 6.71. The normalized spacial score (nSPS) is 22.3. The van der Waals surface area contributed by atoms with E-state index in [1.54, 1.807) is 6.33 Å². The number of H-pyrrole nitrogens is 1. The van der Waals surface area contributed by atoms with Gasteiger partial charge in [0.25, 0.3) is 5.91 Å². The zero-order valence-electron chi connectivity index (χ0n) is 20.2. The van der Waals surface area contributed by atoms with E-state index in [4.69, 9.17) is 10.7 Å². The topological polar surface area (TPSA) is 105 Å². The Morgan fingerprint density at radius 2 is 1.81 bits per heavy atom. The summed E-state index contributed by atoms with van der Waals surface area (Å²) >= 11 is 0. The second kappa shape index (κ2) is 9.09. The van der Waals surface area contributed by atoms with Gasteiger partial charge < -0.3 is 25.5 Å². The third-order valence-electron chi connectivity index (χ3n) is 8.51. The van der Waals surface area contributed by atoms with Crippen LogP contribution in [-0.2, 0) is 0 Å². The van der Waals surface area contributed by atoms with Gasteiger partial charge >= 0.3 is 0 Å². The second-order valence-electron chi connectivity index (χ2n) is 10.5. The maximum atomic E-state index is 12.6. The Kier molecular flexibility index (Phi) is 5.88. The van der Waals surface area contributed by atoms with E-state index in [0.29, 0.717) is 29.0 Å². The van der Waals surface area contributed by atoms with Crippen molar-refractivity contribution < 1.29 is 4.79 Å². The Labute approximate surface area is 216 Å². The molecule has 1 saturated carbocycles. The molecule has 36 heavy (non-hydrogen) atoms. The standard InChI is InChI=1S/C27H31N7O.ClH/c28-27(35)24-23(33-12-17-10-29-11-18(17)13-33)9-20(25-26(24)31-14-30-25)16-6-7-22-21(8-16)32-15-34(22)19-4-2-1-3-5-19;/h6-9,14-15,17-19,29H,1-5,10-13H2,(H2,28,35)(H,30,31);1H. The molecule has 7 rings (SSSR count). The van der Waals surface area contributed by atoms with E-state index >= 15 is 0 Å². The molecule has 2 aromatic carbocycles. The van der Waals surface area contributed by atoms with E-state index in [1.165, 1.54) is 37.6 Å². The van der Waals surface area contributed by atoms with Crippen LogP contribution in [0.1, 0.15) is 48.5 Å². The van der Waals surface area contributed by atoms with Gasteiger partial charge in [-0.3, -0.25) is 4.79 Å². The molecule has 1 amide bonds. The average Bonchev–Trinajstić information content (AvgIpc) is 3.66. The lowest BCUT2D eigenvalue weighted by Crippen LogP contribution is -2.28. The highest BCUT2D eigenvalue weighted by molar-refractivity contribution is 6.13. The van der Waals surface area contributed by atoms with E-state index in [9.17, 15) is 4.79 Å². The zero-order chi connectivity index (χ0) is 23.5. The first-order valence-electron chi connectivity index (χ1n) is 12.9. The number of amides is 1. The first-order chi connectivity index (χ1) is 17.2. The lowest BCUT2D eigenvalue weighted by Gasteiger charge is -2.24. The van der Waals surface area contributed by atoms with Gasteiger partial charge in [0.1, 0.15) is 0 Å². The number of halogens is 1. The van der Waals surface area contributed by atoms with Crippen molar-refractivity contribution in [3.8, 4) is 11.1 Å². The molecule has 2 aromatic heterocycles. The Balaban J connectivity index is 0.00000240. The number of rotatable bonds is 4. The highest BCUT2D eigenvalue weighted by atomic mass is 35.5. The Bertz CT molecular complexity index is 1420. The summed E-state index contributed by atoms with van der Waals surface area (Å²) in [7, 11) is 0. The minimum atomic E-state index is -0.419. The van der Waals surface area contributed by atoms with Crippen molar-refractivity contribution in [1.29, 1.82) is 0 Å². The molecule has 188 valence electrons. The van der Waals surface area contributed by atoms with Gasteiger partial charge in [-0.1, -0.05) is 25.3 Å². The van der Waals surface area contributed by atoms with Crippen LogP contribution in [0.25, 0.3) is 33.2 Å². The molecule has 4 aromatic rings. The van der Waals surface area contributed by atoms with E-state index in [-0.39, 0.29) is 12.4 Å². The van der Waals surface area contributed by atoms with Crippen molar-refractivity contribution in [2.45, 2.75) is 38.1 Å². The maximum absolute atomic E-state index is 12.6. The highest BCUT2D eigenvalue weighted by Crippen LogP contribution is 2.40. The predicted molar refractivity (Wildman–Crippen MR) is 145 cm³/mol. The molecule has 2 unspecified atom stereocenters.